The molecule has 0 saturated carbocycles. The molecule has 3 aromatic carbocycles. The molecule has 1 atom stereocenters. The molecule has 1 aliphatic heterocycles. The second-order valence-electron chi connectivity index (χ2n) is 8.34. The number of hydrogen-bond acceptors (Lipinski definition) is 4. The van der Waals surface area contributed by atoms with Gasteiger partial charge in [0, 0.05) is 41.5 Å². The van der Waals surface area contributed by atoms with Crippen molar-refractivity contribution in [3.63, 3.8) is 0 Å². The Balaban J connectivity index is 1.52. The Hall–Kier alpha value is -2.75. The van der Waals surface area contributed by atoms with Gasteiger partial charge in [0.15, 0.2) is 0 Å². The van der Waals surface area contributed by atoms with E-state index in [4.69, 9.17) is 0 Å². The fourth-order valence-electron chi connectivity index (χ4n) is 3.98. The molecule has 1 heterocycles. The van der Waals surface area contributed by atoms with E-state index >= 15 is 0 Å². The summed E-state index contributed by atoms with van der Waals surface area (Å²) in [4.78, 5) is 14.7. The van der Waals surface area contributed by atoms with E-state index < -0.39 is 21.7 Å². The van der Waals surface area contributed by atoms with Gasteiger partial charge in [-0.2, -0.15) is 4.31 Å². The second-order valence-corrected chi connectivity index (χ2v) is 11.2. The second kappa shape index (κ2) is 9.85. The SMILES string of the molecule is Cc1ccc(N2CCN(S(=O)(=O)c3ccc(F)c(C(=O)Nc4ccc(Br)cc4)c3)C[C@@H]2C)cc1. The van der Waals surface area contributed by atoms with Crippen LogP contribution in [0.15, 0.2) is 76.1 Å². The minimum absolute atomic E-state index is 0.0492. The smallest absolute Gasteiger partial charge is 0.258 e. The molecular weight excluding hydrogens is 521 g/mol. The van der Waals surface area contributed by atoms with E-state index in [0.717, 1.165) is 27.9 Å². The maximum absolute atomic E-state index is 14.5. The fraction of sp³-hybridized carbons (Fsp3) is 0.240. The third kappa shape index (κ3) is 5.16. The summed E-state index contributed by atoms with van der Waals surface area (Å²) in [5, 5.41) is 2.60. The summed E-state index contributed by atoms with van der Waals surface area (Å²) >= 11 is 3.31. The predicted molar refractivity (Wildman–Crippen MR) is 135 cm³/mol. The number of carbonyl (C=O) groups excluding carboxylic acids is 1. The van der Waals surface area contributed by atoms with Crippen molar-refractivity contribution in [2.75, 3.05) is 29.9 Å². The Morgan fingerprint density at radius 3 is 2.35 bits per heavy atom. The number of hydrogen-bond donors (Lipinski definition) is 1. The summed E-state index contributed by atoms with van der Waals surface area (Å²) in [5.41, 5.74) is 2.36. The summed E-state index contributed by atoms with van der Waals surface area (Å²) in [5.74, 6) is -1.50. The van der Waals surface area contributed by atoms with Crippen molar-refractivity contribution in [3.8, 4) is 0 Å². The Kier molecular flexibility index (Phi) is 7.06. The standard InChI is InChI=1S/C25H25BrFN3O3S/c1-17-3-9-21(10-4-17)30-14-13-29(16-18(30)2)34(32,33)22-11-12-24(27)23(15-22)25(31)28-20-7-5-19(26)6-8-20/h3-12,15,18H,13-14,16H2,1-2H3,(H,28,31)/t18-/m0/s1. The predicted octanol–water partition coefficient (Wildman–Crippen LogP) is 5.05. The van der Waals surface area contributed by atoms with Crippen molar-refractivity contribution in [1.82, 2.24) is 4.31 Å². The highest BCUT2D eigenvalue weighted by Crippen LogP contribution is 2.26. The molecule has 4 rings (SSSR count). The van der Waals surface area contributed by atoms with Gasteiger partial charge < -0.3 is 10.2 Å². The quantitative estimate of drug-likeness (QED) is 0.487. The molecule has 0 bridgehead atoms. The van der Waals surface area contributed by atoms with E-state index in [1.807, 2.05) is 38.1 Å². The molecule has 0 aliphatic carbocycles. The van der Waals surface area contributed by atoms with E-state index in [2.05, 4.69) is 26.1 Å². The molecule has 0 radical (unpaired) electrons. The first-order valence-corrected chi connectivity index (χ1v) is 13.1. The van der Waals surface area contributed by atoms with Crippen LogP contribution in [0.3, 0.4) is 0 Å². The van der Waals surface area contributed by atoms with Crippen LogP contribution in [0.25, 0.3) is 0 Å². The molecule has 1 saturated heterocycles. The normalized spacial score (nSPS) is 16.9. The Bertz CT molecular complexity index is 1300. The number of piperazine rings is 1. The van der Waals surface area contributed by atoms with Gasteiger partial charge in [-0.05, 0) is 68.4 Å². The summed E-state index contributed by atoms with van der Waals surface area (Å²) < 4.78 is 43.4. The molecule has 1 fully saturated rings. The lowest BCUT2D eigenvalue weighted by Gasteiger charge is -2.40. The summed E-state index contributed by atoms with van der Waals surface area (Å²) in [7, 11) is -3.90. The first-order chi connectivity index (χ1) is 16.1. The van der Waals surface area contributed by atoms with Crippen molar-refractivity contribution in [2.24, 2.45) is 0 Å². The van der Waals surface area contributed by atoms with E-state index in [1.54, 1.807) is 24.3 Å². The molecule has 1 amide bonds. The van der Waals surface area contributed by atoms with E-state index in [9.17, 15) is 17.6 Å². The van der Waals surface area contributed by atoms with Crippen LogP contribution >= 0.6 is 15.9 Å². The molecule has 1 N–H and O–H groups in total. The Morgan fingerprint density at radius 1 is 1.03 bits per heavy atom. The first kappa shape index (κ1) is 24.4. The number of nitrogens with zero attached hydrogens (tertiary/aromatic N) is 2. The maximum atomic E-state index is 14.5. The van der Waals surface area contributed by atoms with Gasteiger partial charge in [0.05, 0.1) is 10.5 Å². The molecule has 9 heteroatoms. The first-order valence-electron chi connectivity index (χ1n) is 10.8. The number of halogens is 2. The van der Waals surface area contributed by atoms with Gasteiger partial charge in [0.25, 0.3) is 5.91 Å². The van der Waals surface area contributed by atoms with E-state index in [1.165, 1.54) is 10.4 Å². The van der Waals surface area contributed by atoms with Crippen LogP contribution < -0.4 is 10.2 Å². The summed E-state index contributed by atoms with van der Waals surface area (Å²) in [6, 6.07) is 18.2. The zero-order valence-electron chi connectivity index (χ0n) is 18.8. The van der Waals surface area contributed by atoms with Gasteiger partial charge in [-0.25, -0.2) is 12.8 Å². The van der Waals surface area contributed by atoms with Crippen molar-refractivity contribution >= 4 is 43.2 Å². The number of aryl methyl sites for hydroxylation is 1. The van der Waals surface area contributed by atoms with Gasteiger partial charge in [0.1, 0.15) is 5.82 Å². The Labute approximate surface area is 207 Å². The van der Waals surface area contributed by atoms with Gasteiger partial charge in [0.2, 0.25) is 10.0 Å². The molecule has 6 nitrogen and oxygen atoms in total. The zero-order valence-corrected chi connectivity index (χ0v) is 21.2. The summed E-state index contributed by atoms with van der Waals surface area (Å²) in [6.45, 7) is 5.10. The van der Waals surface area contributed by atoms with Gasteiger partial charge >= 0.3 is 0 Å². The average molecular weight is 546 g/mol. The van der Waals surface area contributed by atoms with Gasteiger partial charge in [-0.3, -0.25) is 4.79 Å². The highest BCUT2D eigenvalue weighted by atomic mass is 79.9. The van der Waals surface area contributed by atoms with Crippen molar-refractivity contribution in [2.45, 2.75) is 24.8 Å². The lowest BCUT2D eigenvalue weighted by atomic mass is 10.1. The highest BCUT2D eigenvalue weighted by molar-refractivity contribution is 9.10. The van der Waals surface area contributed by atoms with Crippen LogP contribution in [0.2, 0.25) is 0 Å². The molecule has 0 spiro atoms. The van der Waals surface area contributed by atoms with Gasteiger partial charge in [-0.1, -0.05) is 33.6 Å². The van der Waals surface area contributed by atoms with Crippen molar-refractivity contribution < 1.29 is 17.6 Å². The number of anilines is 2. The molecule has 0 aromatic heterocycles. The highest BCUT2D eigenvalue weighted by Gasteiger charge is 2.33. The maximum Gasteiger partial charge on any atom is 0.258 e. The number of rotatable bonds is 5. The number of benzene rings is 3. The number of nitrogens with one attached hydrogen (secondary N) is 1. The van der Waals surface area contributed by atoms with Crippen LogP contribution in [0.5, 0.6) is 0 Å². The minimum Gasteiger partial charge on any atom is -0.366 e. The average Bonchev–Trinajstić information content (AvgIpc) is 2.81. The summed E-state index contributed by atoms with van der Waals surface area (Å²) in [6.07, 6.45) is 0. The van der Waals surface area contributed by atoms with Crippen LogP contribution in [0.1, 0.15) is 22.8 Å². The largest absolute Gasteiger partial charge is 0.366 e. The molecule has 0 unspecified atom stereocenters. The number of carbonyl (C=O) groups is 1. The van der Waals surface area contributed by atoms with Crippen LogP contribution in [0, 0.1) is 12.7 Å². The third-order valence-electron chi connectivity index (χ3n) is 5.88. The lowest BCUT2D eigenvalue weighted by Crippen LogP contribution is -2.53. The molecule has 178 valence electrons. The number of amides is 1. The molecular formula is C25H25BrFN3O3S. The number of sulfonamides is 1. The van der Waals surface area contributed by atoms with E-state index in [-0.39, 0.29) is 23.0 Å². The van der Waals surface area contributed by atoms with Crippen LogP contribution in [-0.4, -0.2) is 44.3 Å². The third-order valence-corrected chi connectivity index (χ3v) is 8.27. The molecule has 34 heavy (non-hydrogen) atoms. The van der Waals surface area contributed by atoms with Crippen LogP contribution in [0.4, 0.5) is 15.8 Å². The van der Waals surface area contributed by atoms with Crippen molar-refractivity contribution in [1.29, 1.82) is 0 Å². The fourth-order valence-corrected chi connectivity index (χ4v) is 5.79. The molecule has 1 aliphatic rings. The van der Waals surface area contributed by atoms with Gasteiger partial charge in [-0.15, -0.1) is 0 Å². The van der Waals surface area contributed by atoms with Crippen molar-refractivity contribution in [3.05, 3.63) is 88.1 Å². The minimum atomic E-state index is -3.90. The lowest BCUT2D eigenvalue weighted by molar-refractivity contribution is 0.102. The Morgan fingerprint density at radius 2 is 1.71 bits per heavy atom. The topological polar surface area (TPSA) is 69.7 Å². The zero-order chi connectivity index (χ0) is 24.5. The molecule has 3 aromatic rings. The van der Waals surface area contributed by atoms with E-state index in [0.29, 0.717) is 18.8 Å². The monoisotopic (exact) mass is 545 g/mol. The van der Waals surface area contributed by atoms with Crippen LogP contribution in [-0.2, 0) is 10.0 Å².